The third-order valence-electron chi connectivity index (χ3n) is 4.89. The van der Waals surface area contributed by atoms with Crippen LogP contribution in [0.4, 0.5) is 17.6 Å². The van der Waals surface area contributed by atoms with Crippen LogP contribution in [0, 0.1) is 5.95 Å². The van der Waals surface area contributed by atoms with E-state index in [-0.39, 0.29) is 34.3 Å². The highest BCUT2D eigenvalue weighted by Crippen LogP contribution is 2.40. The number of ketones is 1. The van der Waals surface area contributed by atoms with Crippen LogP contribution >= 0.6 is 11.6 Å². The van der Waals surface area contributed by atoms with Gasteiger partial charge in [0.05, 0.1) is 10.6 Å². The maximum Gasteiger partial charge on any atom is 0.425 e. The molecule has 2 atom stereocenters. The van der Waals surface area contributed by atoms with Crippen molar-refractivity contribution in [1.29, 1.82) is 0 Å². The number of hydrogen-bond acceptors (Lipinski definition) is 6. The van der Waals surface area contributed by atoms with Gasteiger partial charge in [0, 0.05) is 36.8 Å². The second kappa shape index (κ2) is 8.10. The summed E-state index contributed by atoms with van der Waals surface area (Å²) in [7, 11) is 0. The van der Waals surface area contributed by atoms with E-state index in [1.165, 1.54) is 23.9 Å². The predicted octanol–water partition coefficient (Wildman–Crippen LogP) is 3.96. The molecule has 0 amide bonds. The molecule has 1 aliphatic heterocycles. The Morgan fingerprint density at radius 2 is 2.13 bits per heavy atom. The van der Waals surface area contributed by atoms with E-state index in [4.69, 9.17) is 17.3 Å². The Morgan fingerprint density at radius 1 is 1.45 bits per heavy atom. The number of aromatic nitrogens is 3. The highest BCUT2D eigenvalue weighted by Gasteiger charge is 2.50. The van der Waals surface area contributed by atoms with E-state index >= 15 is 0 Å². The molecule has 0 unspecified atom stereocenters. The van der Waals surface area contributed by atoms with Crippen LogP contribution in [0.3, 0.4) is 0 Å². The molecule has 0 saturated heterocycles. The second-order valence-corrected chi connectivity index (χ2v) is 8.16. The predicted molar refractivity (Wildman–Crippen MR) is 104 cm³/mol. The van der Waals surface area contributed by atoms with E-state index < -0.39 is 42.0 Å². The molecule has 0 spiro atoms. The number of aliphatic imine (C=N–C) groups is 1. The lowest BCUT2D eigenvalue weighted by Gasteiger charge is -2.35. The number of nitrogens with two attached hydrogens (primary N) is 1. The van der Waals surface area contributed by atoms with Crippen LogP contribution in [-0.4, -0.2) is 38.8 Å². The summed E-state index contributed by atoms with van der Waals surface area (Å²) in [5.41, 5.74) is 3.82. The lowest BCUT2D eigenvalue weighted by Crippen LogP contribution is -2.46. The molecule has 0 aromatic carbocycles. The first kappa shape index (κ1) is 23.0. The summed E-state index contributed by atoms with van der Waals surface area (Å²) in [6.07, 6.45) is -5.25. The van der Waals surface area contributed by atoms with Crippen LogP contribution in [0.2, 0.25) is 5.02 Å². The second-order valence-electron chi connectivity index (χ2n) is 7.76. The highest BCUT2D eigenvalue weighted by atomic mass is 35.5. The van der Waals surface area contributed by atoms with Gasteiger partial charge < -0.3 is 10.5 Å². The lowest BCUT2D eigenvalue weighted by molar-refractivity contribution is -0.208. The number of alkyl halides is 3. The number of Topliss-reactive ketones (excluding diaryl/α,β-unsaturated/α-hetero) is 1. The van der Waals surface area contributed by atoms with Gasteiger partial charge in [-0.05, 0) is 32.4 Å². The van der Waals surface area contributed by atoms with Crippen LogP contribution in [-0.2, 0) is 16.7 Å². The first-order valence-electron chi connectivity index (χ1n) is 9.31. The topological polar surface area (TPSA) is 95.4 Å². The summed E-state index contributed by atoms with van der Waals surface area (Å²) >= 11 is 6.09. The van der Waals surface area contributed by atoms with Crippen molar-refractivity contribution in [3.63, 3.8) is 0 Å². The fourth-order valence-electron chi connectivity index (χ4n) is 3.27. The van der Waals surface area contributed by atoms with E-state index in [0.29, 0.717) is 0 Å². The smallest absolute Gasteiger partial charge is 0.425 e. The van der Waals surface area contributed by atoms with E-state index in [1.54, 1.807) is 0 Å². The first-order valence-corrected chi connectivity index (χ1v) is 9.69. The maximum absolute atomic E-state index is 14.5. The van der Waals surface area contributed by atoms with Crippen LogP contribution in [0.25, 0.3) is 0 Å². The molecule has 0 aliphatic carbocycles. The van der Waals surface area contributed by atoms with Crippen LogP contribution in [0.15, 0.2) is 23.5 Å². The fourth-order valence-corrected chi connectivity index (χ4v) is 3.52. The molecule has 2 aromatic heterocycles. The van der Waals surface area contributed by atoms with Crippen molar-refractivity contribution < 1.29 is 27.1 Å². The number of hydrogen-bond donors (Lipinski definition) is 1. The molecule has 31 heavy (non-hydrogen) atoms. The number of halogens is 5. The van der Waals surface area contributed by atoms with E-state index in [2.05, 4.69) is 19.8 Å². The molecule has 3 rings (SSSR count). The molecule has 2 N–H and O–H groups in total. The average Bonchev–Trinajstić information content (AvgIpc) is 3.04. The molecule has 1 aliphatic rings. The summed E-state index contributed by atoms with van der Waals surface area (Å²) in [6.45, 7) is 5.03. The van der Waals surface area contributed by atoms with E-state index in [0.717, 1.165) is 6.20 Å². The Bertz CT molecular complexity index is 1040. The lowest BCUT2D eigenvalue weighted by atomic mass is 9.85. The number of pyridine rings is 1. The average molecular weight is 462 g/mol. The quantitative estimate of drug-likeness (QED) is 0.413. The van der Waals surface area contributed by atoms with Gasteiger partial charge in [0.1, 0.15) is 5.69 Å². The van der Waals surface area contributed by atoms with Gasteiger partial charge in [0.15, 0.2) is 11.9 Å². The molecule has 168 valence electrons. The monoisotopic (exact) mass is 461 g/mol. The largest absolute Gasteiger partial charge is 0.452 e. The van der Waals surface area contributed by atoms with Crippen molar-refractivity contribution in [2.75, 3.05) is 0 Å². The summed E-state index contributed by atoms with van der Waals surface area (Å²) < 4.78 is 60.2. The summed E-state index contributed by atoms with van der Waals surface area (Å²) in [5.74, 6) is -1.46. The molecular weight excluding hydrogens is 442 g/mol. The number of amidine groups is 1. The fraction of sp³-hybridized carbons (Fsp3) is 0.474. The minimum atomic E-state index is -4.72. The zero-order valence-corrected chi connectivity index (χ0v) is 17.6. The van der Waals surface area contributed by atoms with E-state index in [9.17, 15) is 22.4 Å². The summed E-state index contributed by atoms with van der Waals surface area (Å²) in [4.78, 5) is 20.2. The van der Waals surface area contributed by atoms with Crippen LogP contribution in [0.5, 0.6) is 0 Å². The molecule has 0 bridgehead atoms. The van der Waals surface area contributed by atoms with Crippen molar-refractivity contribution in [3.05, 3.63) is 46.3 Å². The molecule has 12 heteroatoms. The number of carbonyl (C=O) groups excluding carboxylic acids is 1. The zero-order chi connectivity index (χ0) is 23.1. The standard InChI is InChI=1S/C19H20ClF4N5O2/c1-9(2)29-8-12(20)15(28-29)13(30)5-10-4-11(16(21)26-7-10)18(3)6-14(19(22,23)24)31-17(25)27-18/h4,7-9,14H,5-6H2,1-3H3,(H2,25,27)/t14-,18-/m0/s1. The maximum atomic E-state index is 14.5. The van der Waals surface area contributed by atoms with Gasteiger partial charge >= 0.3 is 6.18 Å². The molecule has 7 nitrogen and oxygen atoms in total. The Labute approximate surface area is 180 Å². The van der Waals surface area contributed by atoms with Gasteiger partial charge in [0.25, 0.3) is 6.02 Å². The van der Waals surface area contributed by atoms with Gasteiger partial charge in [-0.25, -0.2) is 9.98 Å². The summed E-state index contributed by atoms with van der Waals surface area (Å²) in [5, 5.41) is 4.32. The van der Waals surface area contributed by atoms with Gasteiger partial charge in [-0.15, -0.1) is 0 Å². The Morgan fingerprint density at radius 3 is 2.71 bits per heavy atom. The Hall–Kier alpha value is -2.69. The number of ether oxygens (including phenoxy) is 1. The third-order valence-corrected chi connectivity index (χ3v) is 5.17. The molecule has 0 radical (unpaired) electrons. The Kier molecular flexibility index (Phi) is 6.01. The van der Waals surface area contributed by atoms with E-state index in [1.807, 2.05) is 13.8 Å². The highest BCUT2D eigenvalue weighted by molar-refractivity contribution is 6.33. The molecule has 0 fully saturated rings. The molecule has 2 aromatic rings. The van der Waals surface area contributed by atoms with Gasteiger partial charge in [0.2, 0.25) is 5.95 Å². The third kappa shape index (κ3) is 4.81. The normalized spacial score (nSPS) is 21.7. The van der Waals surface area contributed by atoms with Crippen molar-refractivity contribution in [2.24, 2.45) is 10.7 Å². The minimum absolute atomic E-state index is 0.0171. The van der Waals surface area contributed by atoms with Crippen molar-refractivity contribution in [2.45, 2.75) is 57.5 Å². The van der Waals surface area contributed by atoms with Gasteiger partial charge in [-0.3, -0.25) is 9.48 Å². The van der Waals surface area contributed by atoms with Crippen molar-refractivity contribution in [3.8, 4) is 0 Å². The summed E-state index contributed by atoms with van der Waals surface area (Å²) in [6, 6.07) is 0.530. The molecular formula is C19H20ClF4N5O2. The first-order chi connectivity index (χ1) is 14.3. The SMILES string of the molecule is CC(C)n1cc(Cl)c(C(=O)Cc2cnc(F)c([C@]3(C)C[C@@H](C(F)(F)F)OC(N)=N3)c2)n1. The number of rotatable bonds is 5. The zero-order valence-electron chi connectivity index (χ0n) is 16.9. The van der Waals surface area contributed by atoms with Crippen LogP contribution < -0.4 is 5.73 Å². The number of carbonyl (C=O) groups is 1. The van der Waals surface area contributed by atoms with Crippen molar-refractivity contribution in [1.82, 2.24) is 14.8 Å². The van der Waals surface area contributed by atoms with Gasteiger partial charge in [-0.2, -0.15) is 22.7 Å². The molecule has 0 saturated carbocycles. The number of nitrogens with zero attached hydrogens (tertiary/aromatic N) is 4. The van der Waals surface area contributed by atoms with Crippen LogP contribution in [0.1, 0.15) is 54.8 Å². The van der Waals surface area contributed by atoms with Gasteiger partial charge in [-0.1, -0.05) is 11.6 Å². The Balaban J connectivity index is 1.92. The minimum Gasteiger partial charge on any atom is -0.452 e. The molecule has 3 heterocycles. The van der Waals surface area contributed by atoms with Crippen molar-refractivity contribution >= 4 is 23.4 Å².